The van der Waals surface area contributed by atoms with Crippen molar-refractivity contribution in [3.63, 3.8) is 0 Å². The Morgan fingerprint density at radius 2 is 1.66 bits per heavy atom. The van der Waals surface area contributed by atoms with Crippen LogP contribution in [0.25, 0.3) is 0 Å². The highest BCUT2D eigenvalue weighted by Crippen LogP contribution is 2.17. The molecular weight excluding hydrogens is 442 g/mol. The first-order chi connectivity index (χ1) is 14.9. The number of non-ortho nitro benzene ring substituents is 1. The van der Waals surface area contributed by atoms with Crippen LogP contribution in [0, 0.1) is 10.1 Å². The molecule has 1 atom stereocenters. The van der Waals surface area contributed by atoms with Crippen molar-refractivity contribution in [2.45, 2.75) is 24.8 Å². The Bertz CT molecular complexity index is 1130. The van der Waals surface area contributed by atoms with Crippen LogP contribution in [-0.4, -0.2) is 55.0 Å². The fourth-order valence-electron chi connectivity index (χ4n) is 2.51. The number of benzene rings is 2. The van der Waals surface area contributed by atoms with Gasteiger partial charge in [-0.25, -0.2) is 8.42 Å². The van der Waals surface area contributed by atoms with Gasteiger partial charge in [-0.3, -0.25) is 24.5 Å². The summed E-state index contributed by atoms with van der Waals surface area (Å²) in [6, 6.07) is 10.3. The van der Waals surface area contributed by atoms with Crippen LogP contribution in [0.15, 0.2) is 53.4 Å². The van der Waals surface area contributed by atoms with E-state index in [0.717, 1.165) is 4.31 Å². The molecular formula is C20H21N3O8S. The number of sulfonamides is 1. The number of ketones is 1. The van der Waals surface area contributed by atoms with Crippen LogP contribution in [-0.2, 0) is 24.3 Å². The van der Waals surface area contributed by atoms with E-state index in [2.05, 4.69) is 5.32 Å². The third kappa shape index (κ3) is 6.18. The molecule has 0 spiro atoms. The Labute approximate surface area is 184 Å². The highest BCUT2D eigenvalue weighted by molar-refractivity contribution is 7.89. The molecule has 0 aliphatic rings. The van der Waals surface area contributed by atoms with Crippen LogP contribution in [0.5, 0.6) is 0 Å². The minimum absolute atomic E-state index is 0.109. The van der Waals surface area contributed by atoms with Crippen LogP contribution < -0.4 is 5.32 Å². The van der Waals surface area contributed by atoms with Crippen LogP contribution in [0.2, 0.25) is 0 Å². The largest absolute Gasteiger partial charge is 0.452 e. The van der Waals surface area contributed by atoms with Crippen molar-refractivity contribution in [2.24, 2.45) is 0 Å². The number of carbonyl (C=O) groups excluding carboxylic acids is 3. The van der Waals surface area contributed by atoms with Crippen LogP contribution in [0.3, 0.4) is 0 Å². The van der Waals surface area contributed by atoms with Gasteiger partial charge in [-0.15, -0.1) is 0 Å². The van der Waals surface area contributed by atoms with Gasteiger partial charge in [-0.05, 0) is 38.1 Å². The van der Waals surface area contributed by atoms with E-state index in [1.165, 1.54) is 69.4 Å². The third-order valence-electron chi connectivity index (χ3n) is 4.34. The highest BCUT2D eigenvalue weighted by atomic mass is 32.2. The predicted octanol–water partition coefficient (Wildman–Crippen LogP) is 1.99. The van der Waals surface area contributed by atoms with Gasteiger partial charge in [0.1, 0.15) is 6.54 Å². The Morgan fingerprint density at radius 1 is 1.09 bits per heavy atom. The van der Waals surface area contributed by atoms with E-state index in [9.17, 15) is 32.9 Å². The number of rotatable bonds is 9. The van der Waals surface area contributed by atoms with Crippen molar-refractivity contribution in [1.82, 2.24) is 4.31 Å². The van der Waals surface area contributed by atoms with Crippen LogP contribution >= 0.6 is 0 Å². The molecule has 12 heteroatoms. The molecule has 32 heavy (non-hydrogen) atoms. The number of esters is 1. The second-order valence-corrected chi connectivity index (χ2v) is 8.81. The SMILES string of the molecule is CC(=O)c1ccc(S(=O)(=O)N(C)CC(=O)OC(C)C(=O)Nc2ccc([N+](=O)[O-])cc2)cc1. The zero-order chi connectivity index (χ0) is 24.1. The first-order valence-electron chi connectivity index (χ1n) is 9.24. The van der Waals surface area contributed by atoms with Gasteiger partial charge in [-0.2, -0.15) is 4.31 Å². The Hall–Kier alpha value is -3.64. The second-order valence-electron chi connectivity index (χ2n) is 6.77. The number of carbonyl (C=O) groups is 3. The van der Waals surface area contributed by atoms with E-state index in [1.807, 2.05) is 0 Å². The Kier molecular flexibility index (Phi) is 7.78. The van der Waals surface area contributed by atoms with Crippen molar-refractivity contribution < 1.29 is 32.5 Å². The smallest absolute Gasteiger partial charge is 0.322 e. The van der Waals surface area contributed by atoms with Gasteiger partial charge in [0.2, 0.25) is 10.0 Å². The van der Waals surface area contributed by atoms with Crippen LogP contribution in [0.4, 0.5) is 11.4 Å². The molecule has 0 radical (unpaired) electrons. The maximum absolute atomic E-state index is 12.6. The summed E-state index contributed by atoms with van der Waals surface area (Å²) in [6.45, 7) is 2.00. The number of nitro groups is 1. The summed E-state index contributed by atoms with van der Waals surface area (Å²) in [6.07, 6.45) is -1.25. The molecule has 0 aliphatic heterocycles. The summed E-state index contributed by atoms with van der Waals surface area (Å²) >= 11 is 0. The van der Waals surface area contributed by atoms with Crippen molar-refractivity contribution >= 4 is 39.1 Å². The average molecular weight is 463 g/mol. The molecule has 1 N–H and O–H groups in total. The van der Waals surface area contributed by atoms with E-state index in [4.69, 9.17) is 4.74 Å². The van der Waals surface area contributed by atoms with Gasteiger partial charge in [0.25, 0.3) is 11.6 Å². The average Bonchev–Trinajstić information content (AvgIpc) is 2.73. The molecule has 2 aromatic rings. The molecule has 1 amide bonds. The number of ether oxygens (including phenoxy) is 1. The summed E-state index contributed by atoms with van der Waals surface area (Å²) in [5.41, 5.74) is 0.457. The van der Waals surface area contributed by atoms with Gasteiger partial charge in [0.15, 0.2) is 11.9 Å². The lowest BCUT2D eigenvalue weighted by Crippen LogP contribution is -2.37. The Morgan fingerprint density at radius 3 is 2.16 bits per heavy atom. The number of anilines is 1. The molecule has 170 valence electrons. The second kappa shape index (κ2) is 10.1. The van der Waals surface area contributed by atoms with E-state index < -0.39 is 39.5 Å². The van der Waals surface area contributed by atoms with E-state index >= 15 is 0 Å². The lowest BCUT2D eigenvalue weighted by molar-refractivity contribution is -0.384. The number of hydrogen-bond acceptors (Lipinski definition) is 8. The molecule has 2 rings (SSSR count). The molecule has 0 aromatic heterocycles. The zero-order valence-electron chi connectivity index (χ0n) is 17.5. The number of hydrogen-bond donors (Lipinski definition) is 1. The highest BCUT2D eigenvalue weighted by Gasteiger charge is 2.26. The van der Waals surface area contributed by atoms with Crippen molar-refractivity contribution in [1.29, 1.82) is 0 Å². The minimum atomic E-state index is -4.03. The summed E-state index contributed by atoms with van der Waals surface area (Å²) in [5.74, 6) is -1.87. The van der Waals surface area contributed by atoms with Gasteiger partial charge in [0.05, 0.1) is 9.82 Å². The lowest BCUT2D eigenvalue weighted by atomic mass is 10.2. The summed E-state index contributed by atoms with van der Waals surface area (Å²) in [5, 5.41) is 13.1. The zero-order valence-corrected chi connectivity index (χ0v) is 18.3. The third-order valence-corrected chi connectivity index (χ3v) is 6.16. The molecule has 0 fully saturated rings. The first-order valence-corrected chi connectivity index (χ1v) is 10.7. The predicted molar refractivity (Wildman–Crippen MR) is 114 cm³/mol. The quantitative estimate of drug-likeness (QED) is 0.256. The van der Waals surface area contributed by atoms with E-state index in [0.29, 0.717) is 5.56 Å². The van der Waals surface area contributed by atoms with Crippen molar-refractivity contribution in [2.75, 3.05) is 18.9 Å². The first kappa shape index (κ1) is 24.6. The molecule has 0 saturated heterocycles. The van der Waals surface area contributed by atoms with Gasteiger partial charge >= 0.3 is 5.97 Å². The van der Waals surface area contributed by atoms with E-state index in [-0.39, 0.29) is 22.1 Å². The Balaban J connectivity index is 1.95. The van der Waals surface area contributed by atoms with E-state index in [1.54, 1.807) is 0 Å². The summed E-state index contributed by atoms with van der Waals surface area (Å²) in [7, 11) is -2.85. The minimum Gasteiger partial charge on any atom is -0.452 e. The van der Waals surface area contributed by atoms with Crippen LogP contribution in [0.1, 0.15) is 24.2 Å². The number of nitrogens with one attached hydrogen (secondary N) is 1. The topological polar surface area (TPSA) is 153 Å². The monoisotopic (exact) mass is 463 g/mol. The number of nitro benzene ring substituents is 1. The number of amides is 1. The molecule has 0 saturated carbocycles. The fraction of sp³-hybridized carbons (Fsp3) is 0.250. The fourth-order valence-corrected chi connectivity index (χ4v) is 3.62. The lowest BCUT2D eigenvalue weighted by Gasteiger charge is -2.18. The van der Waals surface area contributed by atoms with Crippen molar-refractivity contribution in [3.05, 3.63) is 64.2 Å². The van der Waals surface area contributed by atoms with Gasteiger partial charge < -0.3 is 10.1 Å². The normalized spacial score (nSPS) is 12.1. The van der Waals surface area contributed by atoms with Gasteiger partial charge in [0, 0.05) is 30.4 Å². The number of likely N-dealkylation sites (N-methyl/N-ethyl adjacent to an activating group) is 1. The summed E-state index contributed by atoms with van der Waals surface area (Å²) in [4.78, 5) is 45.6. The molecule has 1 unspecified atom stereocenters. The maximum atomic E-state index is 12.6. The van der Waals surface area contributed by atoms with Crippen molar-refractivity contribution in [3.8, 4) is 0 Å². The molecule has 0 aliphatic carbocycles. The summed E-state index contributed by atoms with van der Waals surface area (Å²) < 4.78 is 30.9. The maximum Gasteiger partial charge on any atom is 0.322 e. The molecule has 0 heterocycles. The number of nitrogens with zero attached hydrogens (tertiary/aromatic N) is 2. The molecule has 0 bridgehead atoms. The molecule has 2 aromatic carbocycles. The number of Topliss-reactive ketones (excluding diaryl/α,β-unsaturated/α-hetero) is 1. The molecule has 11 nitrogen and oxygen atoms in total. The van der Waals surface area contributed by atoms with Gasteiger partial charge in [-0.1, -0.05) is 12.1 Å². The standard InChI is InChI=1S/C20H21N3O8S/c1-13(24)15-4-10-18(11-5-15)32(29,30)22(3)12-19(25)31-14(2)20(26)21-16-6-8-17(9-7-16)23(27)28/h4-11,14H,12H2,1-3H3,(H,21,26).